The first kappa shape index (κ1) is 16.0. The van der Waals surface area contributed by atoms with Gasteiger partial charge in [0.25, 0.3) is 0 Å². The highest BCUT2D eigenvalue weighted by Gasteiger charge is 2.14. The Morgan fingerprint density at radius 3 is 2.44 bits per heavy atom. The van der Waals surface area contributed by atoms with Crippen LogP contribution in [0.1, 0.15) is 0 Å². The van der Waals surface area contributed by atoms with Crippen molar-refractivity contribution in [1.29, 1.82) is 0 Å². The number of benzene rings is 3. The maximum Gasteiger partial charge on any atom is 0.344 e. The van der Waals surface area contributed by atoms with Crippen LogP contribution in [0.15, 0.2) is 74.5 Å². The van der Waals surface area contributed by atoms with E-state index in [1.54, 1.807) is 25.5 Å². The van der Waals surface area contributed by atoms with E-state index >= 15 is 0 Å². The molecule has 0 radical (unpaired) electrons. The van der Waals surface area contributed by atoms with Gasteiger partial charge in [-0.25, -0.2) is 4.79 Å². The number of hydrogen-bond acceptors (Lipinski definition) is 4. The summed E-state index contributed by atoms with van der Waals surface area (Å²) in [6.07, 6.45) is 1.70. The molecule has 0 atom stereocenters. The van der Waals surface area contributed by atoms with Gasteiger partial charge in [-0.3, -0.25) is 0 Å². The lowest BCUT2D eigenvalue weighted by molar-refractivity contribution is 0.415. The first-order valence-corrected chi connectivity index (χ1v) is 8.73. The third kappa shape index (κ3) is 2.49. The molecule has 2 aromatic heterocycles. The maximum atomic E-state index is 12.4. The Morgan fingerprint density at radius 2 is 1.67 bits per heavy atom. The van der Waals surface area contributed by atoms with Crippen molar-refractivity contribution in [3.8, 4) is 16.9 Å². The molecule has 0 saturated heterocycles. The van der Waals surface area contributed by atoms with Gasteiger partial charge >= 0.3 is 5.63 Å². The molecule has 0 aliphatic heterocycles. The molecule has 4 nitrogen and oxygen atoms in total. The Hall–Kier alpha value is -3.24. The fraction of sp³-hybridized carbons (Fsp3) is 0.0455. The Kier molecular flexibility index (Phi) is 3.49. The van der Waals surface area contributed by atoms with Crippen molar-refractivity contribution in [3.63, 3.8) is 0 Å². The molecule has 132 valence electrons. The molecule has 0 aliphatic carbocycles. The van der Waals surface area contributed by atoms with Crippen LogP contribution in [-0.2, 0) is 0 Å². The van der Waals surface area contributed by atoms with Crippen molar-refractivity contribution < 1.29 is 13.6 Å². The summed E-state index contributed by atoms with van der Waals surface area (Å²) in [4.78, 5) is 12.4. The lowest BCUT2D eigenvalue weighted by Gasteiger charge is -2.06. The van der Waals surface area contributed by atoms with Crippen LogP contribution in [0.3, 0.4) is 0 Å². The van der Waals surface area contributed by atoms with Gasteiger partial charge in [0.2, 0.25) is 0 Å². The fourth-order valence-corrected chi connectivity index (χ4v) is 3.54. The summed E-state index contributed by atoms with van der Waals surface area (Å²) in [5.41, 5.74) is 2.70. The highest BCUT2D eigenvalue weighted by Crippen LogP contribution is 2.36. The fourth-order valence-electron chi connectivity index (χ4n) is 3.41. The zero-order chi connectivity index (χ0) is 18.5. The van der Waals surface area contributed by atoms with Crippen molar-refractivity contribution in [2.45, 2.75) is 0 Å². The first-order valence-electron chi connectivity index (χ1n) is 8.36. The van der Waals surface area contributed by atoms with E-state index in [0.29, 0.717) is 27.3 Å². The van der Waals surface area contributed by atoms with E-state index in [2.05, 4.69) is 0 Å². The molecule has 0 amide bonds. The number of rotatable bonds is 2. The Labute approximate surface area is 158 Å². The van der Waals surface area contributed by atoms with Crippen LogP contribution in [0.4, 0.5) is 0 Å². The van der Waals surface area contributed by atoms with Gasteiger partial charge < -0.3 is 13.6 Å². The molecule has 5 heteroatoms. The third-order valence-electron chi connectivity index (χ3n) is 4.77. The van der Waals surface area contributed by atoms with Crippen molar-refractivity contribution >= 4 is 44.3 Å². The number of furan rings is 1. The van der Waals surface area contributed by atoms with Gasteiger partial charge in [0.1, 0.15) is 16.9 Å². The molecule has 0 spiro atoms. The Morgan fingerprint density at radius 1 is 0.852 bits per heavy atom. The van der Waals surface area contributed by atoms with E-state index in [1.807, 2.05) is 42.5 Å². The van der Waals surface area contributed by atoms with Crippen LogP contribution in [0, 0.1) is 0 Å². The average molecular weight is 377 g/mol. The standard InChI is InChI=1S/C22H13ClO4/c1-25-14-6-7-15-16-9-17-19(12-2-4-13(23)5-3-12)11-26-20(17)10-21(16)27-22(24)18(15)8-14/h2-11H,1H3. The third-order valence-corrected chi connectivity index (χ3v) is 5.02. The van der Waals surface area contributed by atoms with Gasteiger partial charge in [-0.05, 0) is 42.0 Å². The molecule has 5 rings (SSSR count). The topological polar surface area (TPSA) is 52.6 Å². The smallest absolute Gasteiger partial charge is 0.344 e. The Balaban J connectivity index is 1.85. The summed E-state index contributed by atoms with van der Waals surface area (Å²) >= 11 is 6.00. The van der Waals surface area contributed by atoms with Gasteiger partial charge in [0.05, 0.1) is 18.8 Å². The van der Waals surface area contributed by atoms with Crippen molar-refractivity contribution in [2.24, 2.45) is 0 Å². The van der Waals surface area contributed by atoms with Crippen LogP contribution in [-0.4, -0.2) is 7.11 Å². The van der Waals surface area contributed by atoms with E-state index in [4.69, 9.17) is 25.2 Å². The van der Waals surface area contributed by atoms with Gasteiger partial charge in [0.15, 0.2) is 0 Å². The second-order valence-corrected chi connectivity index (χ2v) is 6.74. The SMILES string of the molecule is COc1ccc2c(c1)c(=O)oc1cc3occ(-c4ccc(Cl)cc4)c3cc12. The molecular weight excluding hydrogens is 364 g/mol. The molecular formula is C22H13ClO4. The molecule has 0 saturated carbocycles. The van der Waals surface area contributed by atoms with Crippen LogP contribution in [0.25, 0.3) is 43.8 Å². The van der Waals surface area contributed by atoms with Crippen LogP contribution >= 0.6 is 11.6 Å². The predicted molar refractivity (Wildman–Crippen MR) is 107 cm³/mol. The van der Waals surface area contributed by atoms with Crippen LogP contribution in [0.2, 0.25) is 5.02 Å². The van der Waals surface area contributed by atoms with Gasteiger partial charge in [0, 0.05) is 32.8 Å². The highest BCUT2D eigenvalue weighted by molar-refractivity contribution is 6.30. The second-order valence-electron chi connectivity index (χ2n) is 6.30. The molecule has 5 aromatic rings. The van der Waals surface area contributed by atoms with Crippen molar-refractivity contribution in [2.75, 3.05) is 7.11 Å². The minimum absolute atomic E-state index is 0.403. The normalized spacial score (nSPS) is 11.5. The quantitative estimate of drug-likeness (QED) is 0.279. The van der Waals surface area contributed by atoms with Gasteiger partial charge in [-0.2, -0.15) is 0 Å². The minimum Gasteiger partial charge on any atom is -0.497 e. The second kappa shape index (κ2) is 5.89. The van der Waals surface area contributed by atoms with E-state index in [0.717, 1.165) is 27.3 Å². The summed E-state index contributed by atoms with van der Waals surface area (Å²) in [6, 6.07) is 16.7. The summed E-state index contributed by atoms with van der Waals surface area (Å²) in [7, 11) is 1.57. The molecule has 0 bridgehead atoms. The van der Waals surface area contributed by atoms with Crippen LogP contribution < -0.4 is 10.4 Å². The molecule has 0 N–H and O–H groups in total. The predicted octanol–water partition coefficient (Wildman–Crippen LogP) is 6.02. The molecule has 27 heavy (non-hydrogen) atoms. The van der Waals surface area contributed by atoms with E-state index < -0.39 is 5.63 Å². The largest absolute Gasteiger partial charge is 0.497 e. The monoisotopic (exact) mass is 376 g/mol. The zero-order valence-electron chi connectivity index (χ0n) is 14.3. The molecule has 2 heterocycles. The molecule has 0 unspecified atom stereocenters. The van der Waals surface area contributed by atoms with E-state index in [9.17, 15) is 4.79 Å². The summed E-state index contributed by atoms with van der Waals surface area (Å²) < 4.78 is 16.5. The summed E-state index contributed by atoms with van der Waals surface area (Å²) in [6.45, 7) is 0. The number of fused-ring (bicyclic) bond motifs is 4. The first-order chi connectivity index (χ1) is 13.1. The Bertz CT molecular complexity index is 1380. The zero-order valence-corrected chi connectivity index (χ0v) is 15.0. The molecule has 0 aliphatic rings. The maximum absolute atomic E-state index is 12.4. The van der Waals surface area contributed by atoms with Gasteiger partial charge in [-0.15, -0.1) is 0 Å². The van der Waals surface area contributed by atoms with E-state index in [-0.39, 0.29) is 0 Å². The van der Waals surface area contributed by atoms with Crippen molar-refractivity contribution in [1.82, 2.24) is 0 Å². The number of ether oxygens (including phenoxy) is 1. The lowest BCUT2D eigenvalue weighted by Crippen LogP contribution is -2.00. The minimum atomic E-state index is -0.403. The highest BCUT2D eigenvalue weighted by atomic mass is 35.5. The number of hydrogen-bond donors (Lipinski definition) is 0. The van der Waals surface area contributed by atoms with Crippen molar-refractivity contribution in [3.05, 3.63) is 76.3 Å². The van der Waals surface area contributed by atoms with Crippen LogP contribution in [0.5, 0.6) is 5.75 Å². The summed E-state index contributed by atoms with van der Waals surface area (Å²) in [5, 5.41) is 3.76. The molecule has 0 fully saturated rings. The molecule has 3 aromatic carbocycles. The number of methoxy groups -OCH3 is 1. The lowest BCUT2D eigenvalue weighted by atomic mass is 10.0. The average Bonchev–Trinajstić information content (AvgIpc) is 3.10. The number of halogens is 1. The summed E-state index contributed by atoms with van der Waals surface area (Å²) in [5.74, 6) is 0.611. The van der Waals surface area contributed by atoms with Gasteiger partial charge in [-0.1, -0.05) is 23.7 Å². The van der Waals surface area contributed by atoms with E-state index in [1.165, 1.54) is 0 Å².